The Labute approximate surface area is 125 Å². The van der Waals surface area contributed by atoms with E-state index >= 15 is 0 Å². The number of hydrogen-bond acceptors (Lipinski definition) is 3. The van der Waals surface area contributed by atoms with Gasteiger partial charge in [-0.3, -0.25) is 9.89 Å². The highest BCUT2D eigenvalue weighted by molar-refractivity contribution is 5.89. The van der Waals surface area contributed by atoms with Crippen LogP contribution in [0.15, 0.2) is 6.07 Å². The highest BCUT2D eigenvalue weighted by atomic mass is 35.5. The Morgan fingerprint density at radius 1 is 1.45 bits per heavy atom. The van der Waals surface area contributed by atoms with Crippen molar-refractivity contribution in [2.75, 3.05) is 18.9 Å². The maximum Gasteiger partial charge on any atom is 0.226 e. The van der Waals surface area contributed by atoms with Crippen molar-refractivity contribution >= 4 is 24.1 Å². The van der Waals surface area contributed by atoms with Crippen LogP contribution in [0.5, 0.6) is 0 Å². The molecule has 112 valence electrons. The molecule has 5 nitrogen and oxygen atoms in total. The molecular formula is C14H23ClN4O. The molecule has 2 aliphatic carbocycles. The van der Waals surface area contributed by atoms with Crippen molar-refractivity contribution < 1.29 is 4.79 Å². The number of amides is 1. The number of carbonyl (C=O) groups is 1. The van der Waals surface area contributed by atoms with Gasteiger partial charge in [-0.15, -0.1) is 12.4 Å². The molecule has 2 saturated carbocycles. The van der Waals surface area contributed by atoms with Gasteiger partial charge in [0.15, 0.2) is 5.82 Å². The van der Waals surface area contributed by atoms with Crippen molar-refractivity contribution in [1.29, 1.82) is 0 Å². The molecule has 1 amide bonds. The highest BCUT2D eigenvalue weighted by Gasteiger charge is 2.40. The fourth-order valence-electron chi connectivity index (χ4n) is 3.66. The van der Waals surface area contributed by atoms with Crippen LogP contribution in [0.3, 0.4) is 0 Å². The third kappa shape index (κ3) is 3.15. The Bertz CT molecular complexity index is 462. The van der Waals surface area contributed by atoms with Crippen LogP contribution in [0.4, 0.5) is 5.82 Å². The van der Waals surface area contributed by atoms with E-state index in [2.05, 4.69) is 20.8 Å². The molecule has 3 N–H and O–H groups in total. The monoisotopic (exact) mass is 298 g/mol. The summed E-state index contributed by atoms with van der Waals surface area (Å²) in [6.07, 6.45) is 5.92. The molecule has 6 heteroatoms. The van der Waals surface area contributed by atoms with Gasteiger partial charge in [0, 0.05) is 30.6 Å². The molecule has 3 unspecified atom stereocenters. The second-order valence-electron chi connectivity index (χ2n) is 5.89. The van der Waals surface area contributed by atoms with Crippen LogP contribution in [0, 0.1) is 11.8 Å². The molecule has 0 aromatic carbocycles. The van der Waals surface area contributed by atoms with Crippen LogP contribution >= 0.6 is 12.4 Å². The molecule has 2 fully saturated rings. The molecule has 0 radical (unpaired) electrons. The predicted octanol–water partition coefficient (Wildman–Crippen LogP) is 2.28. The zero-order valence-electron chi connectivity index (χ0n) is 11.8. The van der Waals surface area contributed by atoms with E-state index in [1.807, 2.05) is 13.1 Å². The highest BCUT2D eigenvalue weighted by Crippen LogP contribution is 2.52. The van der Waals surface area contributed by atoms with Crippen LogP contribution in [0.1, 0.15) is 43.7 Å². The molecule has 1 aromatic rings. The number of rotatable bonds is 5. The molecule has 0 spiro atoms. The van der Waals surface area contributed by atoms with Crippen LogP contribution in [-0.2, 0) is 4.79 Å². The Morgan fingerprint density at radius 2 is 2.30 bits per heavy atom. The molecule has 3 rings (SSSR count). The lowest BCUT2D eigenvalue weighted by Crippen LogP contribution is -2.18. The van der Waals surface area contributed by atoms with Crippen molar-refractivity contribution in [2.24, 2.45) is 11.8 Å². The summed E-state index contributed by atoms with van der Waals surface area (Å²) >= 11 is 0. The topological polar surface area (TPSA) is 69.8 Å². The van der Waals surface area contributed by atoms with E-state index < -0.39 is 0 Å². The first-order valence-corrected chi connectivity index (χ1v) is 7.26. The number of nitrogens with one attached hydrogen (secondary N) is 3. The fraction of sp³-hybridized carbons (Fsp3) is 0.714. The van der Waals surface area contributed by atoms with E-state index in [0.29, 0.717) is 24.7 Å². The van der Waals surface area contributed by atoms with Crippen molar-refractivity contribution in [2.45, 2.75) is 38.0 Å². The summed E-state index contributed by atoms with van der Waals surface area (Å²) in [7, 11) is 1.84. The summed E-state index contributed by atoms with van der Waals surface area (Å²) < 4.78 is 0. The van der Waals surface area contributed by atoms with E-state index in [1.54, 1.807) is 0 Å². The molecule has 1 aromatic heterocycles. The molecule has 0 aliphatic heterocycles. The number of anilines is 1. The van der Waals surface area contributed by atoms with E-state index in [4.69, 9.17) is 0 Å². The fourth-order valence-corrected chi connectivity index (χ4v) is 3.66. The van der Waals surface area contributed by atoms with Crippen molar-refractivity contribution in [3.05, 3.63) is 11.8 Å². The Morgan fingerprint density at radius 3 is 2.95 bits per heavy atom. The summed E-state index contributed by atoms with van der Waals surface area (Å²) in [4.78, 5) is 11.6. The minimum atomic E-state index is 0. The quantitative estimate of drug-likeness (QED) is 0.781. The lowest BCUT2D eigenvalue weighted by molar-refractivity contribution is -0.116. The van der Waals surface area contributed by atoms with E-state index in [9.17, 15) is 4.79 Å². The standard InChI is InChI=1S/C14H22N4O.ClH/c1-15-5-4-14(19)16-13-8-12(17-18-13)11-7-9-2-3-10(11)6-9;/h8-11,15H,2-7H2,1H3,(H2,16,17,18,19);1H. The minimum absolute atomic E-state index is 0. The van der Waals surface area contributed by atoms with Gasteiger partial charge < -0.3 is 10.6 Å². The number of nitrogens with zero attached hydrogens (tertiary/aromatic N) is 1. The zero-order chi connectivity index (χ0) is 13.2. The molecular weight excluding hydrogens is 276 g/mol. The zero-order valence-corrected chi connectivity index (χ0v) is 12.6. The Hall–Kier alpha value is -1.07. The molecule has 20 heavy (non-hydrogen) atoms. The average Bonchev–Trinajstić information content (AvgIpc) is 3.11. The predicted molar refractivity (Wildman–Crippen MR) is 81.2 cm³/mol. The maximum absolute atomic E-state index is 11.6. The van der Waals surface area contributed by atoms with Crippen LogP contribution in [-0.4, -0.2) is 29.7 Å². The van der Waals surface area contributed by atoms with Gasteiger partial charge in [-0.05, 0) is 38.1 Å². The lowest BCUT2D eigenvalue weighted by atomic mass is 9.86. The van der Waals surface area contributed by atoms with E-state index in [0.717, 1.165) is 11.8 Å². The normalized spacial score (nSPS) is 27.4. The van der Waals surface area contributed by atoms with Gasteiger partial charge in [-0.2, -0.15) is 5.10 Å². The van der Waals surface area contributed by atoms with Gasteiger partial charge in [0.2, 0.25) is 5.91 Å². The number of halogens is 1. The lowest BCUT2D eigenvalue weighted by Gasteiger charge is -2.19. The molecule has 2 aliphatic rings. The van der Waals surface area contributed by atoms with Crippen molar-refractivity contribution in [1.82, 2.24) is 15.5 Å². The maximum atomic E-state index is 11.6. The Balaban J connectivity index is 0.00000147. The third-order valence-corrected chi connectivity index (χ3v) is 4.60. The molecule has 2 bridgehead atoms. The smallest absolute Gasteiger partial charge is 0.226 e. The van der Waals surface area contributed by atoms with Gasteiger partial charge in [-0.1, -0.05) is 6.42 Å². The van der Waals surface area contributed by atoms with Crippen molar-refractivity contribution in [3.63, 3.8) is 0 Å². The van der Waals surface area contributed by atoms with Crippen LogP contribution < -0.4 is 10.6 Å². The van der Waals surface area contributed by atoms with Crippen LogP contribution in [0.25, 0.3) is 0 Å². The number of aromatic amines is 1. The number of fused-ring (bicyclic) bond motifs is 2. The SMILES string of the molecule is CNCCC(=O)Nc1cc(C2CC3CCC2C3)[nH]n1.Cl. The summed E-state index contributed by atoms with van der Waals surface area (Å²) in [6.45, 7) is 0.690. The summed E-state index contributed by atoms with van der Waals surface area (Å²) in [5.74, 6) is 3.07. The summed E-state index contributed by atoms with van der Waals surface area (Å²) in [5, 5.41) is 13.1. The van der Waals surface area contributed by atoms with Crippen LogP contribution in [0.2, 0.25) is 0 Å². The first-order chi connectivity index (χ1) is 9.26. The molecule has 1 heterocycles. The summed E-state index contributed by atoms with van der Waals surface area (Å²) in [5.41, 5.74) is 1.20. The second-order valence-corrected chi connectivity index (χ2v) is 5.89. The van der Waals surface area contributed by atoms with Crippen molar-refractivity contribution in [3.8, 4) is 0 Å². The van der Waals surface area contributed by atoms with Gasteiger partial charge >= 0.3 is 0 Å². The largest absolute Gasteiger partial charge is 0.319 e. The summed E-state index contributed by atoms with van der Waals surface area (Å²) in [6, 6.07) is 2.02. The van der Waals surface area contributed by atoms with Gasteiger partial charge in [0.25, 0.3) is 0 Å². The number of hydrogen-bond donors (Lipinski definition) is 3. The van der Waals surface area contributed by atoms with Gasteiger partial charge in [0.05, 0.1) is 0 Å². The third-order valence-electron chi connectivity index (χ3n) is 4.60. The van der Waals surface area contributed by atoms with Gasteiger partial charge in [0.1, 0.15) is 0 Å². The molecule has 0 saturated heterocycles. The first-order valence-electron chi connectivity index (χ1n) is 7.26. The molecule has 3 atom stereocenters. The first kappa shape index (κ1) is 15.3. The number of H-pyrrole nitrogens is 1. The number of carbonyl (C=O) groups excluding carboxylic acids is 1. The second kappa shape index (κ2) is 6.59. The van der Waals surface area contributed by atoms with Gasteiger partial charge in [-0.25, -0.2) is 0 Å². The minimum Gasteiger partial charge on any atom is -0.319 e. The van der Waals surface area contributed by atoms with E-state index in [1.165, 1.54) is 31.4 Å². The average molecular weight is 299 g/mol. The Kier molecular flexibility index (Phi) is 5.05. The number of aromatic nitrogens is 2. The van der Waals surface area contributed by atoms with E-state index in [-0.39, 0.29) is 18.3 Å².